The van der Waals surface area contributed by atoms with Gasteiger partial charge in [0, 0.05) is 37.1 Å². The van der Waals surface area contributed by atoms with Crippen molar-refractivity contribution < 1.29 is 8.42 Å². The van der Waals surface area contributed by atoms with Crippen LogP contribution < -0.4 is 0 Å². The minimum absolute atomic E-state index is 0.112. The van der Waals surface area contributed by atoms with Gasteiger partial charge in [-0.3, -0.25) is 0 Å². The molecule has 4 nitrogen and oxygen atoms in total. The summed E-state index contributed by atoms with van der Waals surface area (Å²) in [5.74, 6) is 0.333. The zero-order valence-corrected chi connectivity index (χ0v) is 14.3. The van der Waals surface area contributed by atoms with E-state index in [0.717, 1.165) is 24.8 Å². The van der Waals surface area contributed by atoms with Crippen molar-refractivity contribution in [2.45, 2.75) is 31.8 Å². The third-order valence-corrected chi connectivity index (χ3v) is 6.51. The maximum Gasteiger partial charge on any atom is 0.282 e. The molecule has 21 heavy (non-hydrogen) atoms. The van der Waals surface area contributed by atoms with Crippen LogP contribution in [-0.2, 0) is 16.8 Å². The lowest BCUT2D eigenvalue weighted by Gasteiger charge is -2.36. The van der Waals surface area contributed by atoms with E-state index in [9.17, 15) is 8.42 Å². The standard InChI is InChI=1S/C14H20Cl2N2O2S/c1-17(11-12-6-2-3-8-14(12)16)21(19,20)18-9-5-4-7-13(18)10-15/h2-3,6,8,13H,4-5,7,9-11H2,1H3. The Balaban J connectivity index is 2.16. The zero-order chi connectivity index (χ0) is 15.5. The SMILES string of the molecule is CN(Cc1ccccc1Cl)S(=O)(=O)N1CCCCC1CCl. The second-order valence-corrected chi connectivity index (χ2v) is 7.97. The average molecular weight is 351 g/mol. The van der Waals surface area contributed by atoms with Gasteiger partial charge in [-0.25, -0.2) is 0 Å². The Morgan fingerprint density at radius 1 is 1.33 bits per heavy atom. The van der Waals surface area contributed by atoms with Crippen molar-refractivity contribution in [2.24, 2.45) is 0 Å². The molecule has 1 unspecified atom stereocenters. The van der Waals surface area contributed by atoms with Gasteiger partial charge >= 0.3 is 0 Å². The molecule has 0 spiro atoms. The van der Waals surface area contributed by atoms with Gasteiger partial charge in [0.1, 0.15) is 0 Å². The van der Waals surface area contributed by atoms with Gasteiger partial charge in [-0.05, 0) is 24.5 Å². The molecule has 2 rings (SSSR count). The Bertz CT molecular complexity index is 580. The lowest BCUT2D eigenvalue weighted by atomic mass is 10.1. The molecule has 0 aromatic heterocycles. The van der Waals surface area contributed by atoms with E-state index in [1.807, 2.05) is 18.2 Å². The van der Waals surface area contributed by atoms with Crippen LogP contribution in [0.2, 0.25) is 5.02 Å². The van der Waals surface area contributed by atoms with Gasteiger partial charge in [0.25, 0.3) is 10.2 Å². The maximum absolute atomic E-state index is 12.7. The molecule has 0 radical (unpaired) electrons. The Morgan fingerprint density at radius 2 is 2.05 bits per heavy atom. The molecule has 0 aliphatic carbocycles. The van der Waals surface area contributed by atoms with Gasteiger partial charge in [0.05, 0.1) is 0 Å². The molecule has 1 aliphatic heterocycles. The van der Waals surface area contributed by atoms with Gasteiger partial charge in [0.2, 0.25) is 0 Å². The van der Waals surface area contributed by atoms with Crippen molar-refractivity contribution in [3.05, 3.63) is 34.9 Å². The molecule has 1 saturated heterocycles. The number of alkyl halides is 1. The summed E-state index contributed by atoms with van der Waals surface area (Å²) in [6.45, 7) is 0.792. The minimum atomic E-state index is -3.51. The second kappa shape index (κ2) is 7.29. The number of halogens is 2. The number of hydrogen-bond acceptors (Lipinski definition) is 2. The van der Waals surface area contributed by atoms with Crippen molar-refractivity contribution >= 4 is 33.4 Å². The Labute approximate surface area is 136 Å². The first-order valence-electron chi connectivity index (χ1n) is 6.99. The van der Waals surface area contributed by atoms with Crippen molar-refractivity contribution in [2.75, 3.05) is 19.5 Å². The summed E-state index contributed by atoms with van der Waals surface area (Å²) < 4.78 is 28.3. The highest BCUT2D eigenvalue weighted by atomic mass is 35.5. The quantitative estimate of drug-likeness (QED) is 0.765. The number of hydrogen-bond donors (Lipinski definition) is 0. The van der Waals surface area contributed by atoms with E-state index in [0.29, 0.717) is 17.4 Å². The Kier molecular flexibility index (Phi) is 5.91. The van der Waals surface area contributed by atoms with E-state index in [2.05, 4.69) is 0 Å². The first-order valence-corrected chi connectivity index (χ1v) is 9.30. The molecule has 7 heteroatoms. The maximum atomic E-state index is 12.7. The summed E-state index contributed by atoms with van der Waals surface area (Å²) >= 11 is 12.0. The molecule has 118 valence electrons. The molecule has 1 heterocycles. The number of benzene rings is 1. The minimum Gasteiger partial charge on any atom is -0.195 e. The van der Waals surface area contributed by atoms with E-state index in [4.69, 9.17) is 23.2 Å². The molecule has 1 atom stereocenters. The van der Waals surface area contributed by atoms with E-state index in [1.54, 1.807) is 13.1 Å². The van der Waals surface area contributed by atoms with Crippen LogP contribution in [0.3, 0.4) is 0 Å². The smallest absolute Gasteiger partial charge is 0.195 e. The number of piperidine rings is 1. The highest BCUT2D eigenvalue weighted by molar-refractivity contribution is 7.86. The summed E-state index contributed by atoms with van der Waals surface area (Å²) in [6, 6.07) is 7.17. The summed E-state index contributed by atoms with van der Waals surface area (Å²) in [5, 5.41) is 0.576. The predicted molar refractivity (Wildman–Crippen MR) is 86.9 cm³/mol. The van der Waals surface area contributed by atoms with E-state index >= 15 is 0 Å². The van der Waals surface area contributed by atoms with Gasteiger partial charge < -0.3 is 0 Å². The van der Waals surface area contributed by atoms with Crippen molar-refractivity contribution in [3.8, 4) is 0 Å². The molecule has 0 saturated carbocycles. The third-order valence-electron chi connectivity index (χ3n) is 3.79. The lowest BCUT2D eigenvalue weighted by Crippen LogP contribution is -2.50. The number of nitrogens with zero attached hydrogens (tertiary/aromatic N) is 2. The van der Waals surface area contributed by atoms with Gasteiger partial charge in [-0.2, -0.15) is 17.0 Å². The average Bonchev–Trinajstić information content (AvgIpc) is 2.49. The van der Waals surface area contributed by atoms with Crippen LogP contribution in [0.15, 0.2) is 24.3 Å². The topological polar surface area (TPSA) is 40.6 Å². The van der Waals surface area contributed by atoms with Crippen LogP contribution in [0, 0.1) is 0 Å². The normalized spacial score (nSPS) is 20.9. The monoisotopic (exact) mass is 350 g/mol. The molecule has 1 fully saturated rings. The fourth-order valence-electron chi connectivity index (χ4n) is 2.56. The second-order valence-electron chi connectivity index (χ2n) is 5.27. The largest absolute Gasteiger partial charge is 0.282 e. The van der Waals surface area contributed by atoms with Crippen LogP contribution in [0.25, 0.3) is 0 Å². The summed E-state index contributed by atoms with van der Waals surface area (Å²) in [7, 11) is -1.93. The van der Waals surface area contributed by atoms with Crippen molar-refractivity contribution in [1.82, 2.24) is 8.61 Å². The molecule has 0 N–H and O–H groups in total. The van der Waals surface area contributed by atoms with Crippen LogP contribution in [-0.4, -0.2) is 42.5 Å². The van der Waals surface area contributed by atoms with E-state index in [-0.39, 0.29) is 12.6 Å². The zero-order valence-electron chi connectivity index (χ0n) is 12.0. The third kappa shape index (κ3) is 3.90. The fraction of sp³-hybridized carbons (Fsp3) is 0.571. The molecule has 0 bridgehead atoms. The highest BCUT2D eigenvalue weighted by Crippen LogP contribution is 2.25. The van der Waals surface area contributed by atoms with Crippen LogP contribution >= 0.6 is 23.2 Å². The van der Waals surface area contributed by atoms with Gasteiger partial charge in [-0.15, -0.1) is 11.6 Å². The number of rotatable bonds is 5. The van der Waals surface area contributed by atoms with Crippen LogP contribution in [0.5, 0.6) is 0 Å². The Hall–Kier alpha value is -0.330. The molecule has 1 aromatic carbocycles. The van der Waals surface area contributed by atoms with Crippen LogP contribution in [0.1, 0.15) is 24.8 Å². The first-order chi connectivity index (χ1) is 9.96. The summed E-state index contributed by atoms with van der Waals surface area (Å²) in [6.07, 6.45) is 2.73. The molecular weight excluding hydrogens is 331 g/mol. The summed E-state index contributed by atoms with van der Waals surface area (Å²) in [5.41, 5.74) is 0.796. The van der Waals surface area contributed by atoms with Gasteiger partial charge in [0.15, 0.2) is 0 Å². The predicted octanol–water partition coefficient (Wildman–Crippen LogP) is 3.11. The van der Waals surface area contributed by atoms with Gasteiger partial charge in [-0.1, -0.05) is 36.2 Å². The van der Waals surface area contributed by atoms with Crippen molar-refractivity contribution in [3.63, 3.8) is 0 Å². The summed E-state index contributed by atoms with van der Waals surface area (Å²) in [4.78, 5) is 0. The molecular formula is C14H20Cl2N2O2S. The van der Waals surface area contributed by atoms with E-state index in [1.165, 1.54) is 8.61 Å². The molecule has 1 aliphatic rings. The van der Waals surface area contributed by atoms with E-state index < -0.39 is 10.2 Å². The first kappa shape index (κ1) is 17.0. The fourth-order valence-corrected chi connectivity index (χ4v) is 4.73. The molecule has 0 amide bonds. The molecule has 1 aromatic rings. The Morgan fingerprint density at radius 3 is 2.71 bits per heavy atom. The van der Waals surface area contributed by atoms with Crippen LogP contribution in [0.4, 0.5) is 0 Å². The van der Waals surface area contributed by atoms with Crippen molar-refractivity contribution in [1.29, 1.82) is 0 Å². The highest BCUT2D eigenvalue weighted by Gasteiger charge is 2.34. The lowest BCUT2D eigenvalue weighted by molar-refractivity contribution is 0.251.